The predicted molar refractivity (Wildman–Crippen MR) is 150 cm³/mol. The number of anilines is 1. The quantitative estimate of drug-likeness (QED) is 0.320. The van der Waals surface area contributed by atoms with Crippen molar-refractivity contribution < 1.29 is 19.1 Å². The van der Waals surface area contributed by atoms with Crippen molar-refractivity contribution in [3.63, 3.8) is 0 Å². The number of hydrogen-bond acceptors (Lipinski definition) is 7. The molecular weight excluding hydrogens is 480 g/mol. The molecule has 2 aromatic carbocycles. The normalized spacial score (nSPS) is 19.5. The molecule has 0 bridgehead atoms. The first kappa shape index (κ1) is 26.1. The molecule has 2 atom stereocenters. The van der Waals surface area contributed by atoms with Crippen molar-refractivity contribution >= 4 is 29.0 Å². The van der Waals surface area contributed by atoms with Crippen LogP contribution in [0.3, 0.4) is 0 Å². The third kappa shape index (κ3) is 5.36. The standard InChI is InChI=1S/C24H28N4O2.C6H10O2/c1-4-29-19-12-13-20-21(14-19)28(18-6-5-7-18)23(16-8-10-17(25-3)11-9-16)22(20)24-26-15(2)30-27-24;1-5(8-4-7)6-2-3-6/h8-14,18,24-25,27H,4-7H2,1-3H3;4-6H,2-3H2,1H3. The fraction of sp³-hybridized carbons (Fsp3) is 0.467. The summed E-state index contributed by atoms with van der Waals surface area (Å²) in [7, 11) is 1.94. The van der Waals surface area contributed by atoms with Crippen LogP contribution in [0.15, 0.2) is 47.5 Å². The average Bonchev–Trinajstić information content (AvgIpc) is 3.59. The van der Waals surface area contributed by atoms with Crippen molar-refractivity contribution in [1.82, 2.24) is 10.0 Å². The van der Waals surface area contributed by atoms with Gasteiger partial charge in [-0.15, -0.1) is 5.48 Å². The van der Waals surface area contributed by atoms with Crippen LogP contribution < -0.4 is 15.5 Å². The van der Waals surface area contributed by atoms with Gasteiger partial charge in [0.05, 0.1) is 17.8 Å². The number of fused-ring (bicyclic) bond motifs is 1. The van der Waals surface area contributed by atoms with E-state index in [0.29, 0.717) is 30.9 Å². The summed E-state index contributed by atoms with van der Waals surface area (Å²) in [4.78, 5) is 20.0. The largest absolute Gasteiger partial charge is 0.494 e. The number of benzene rings is 2. The minimum Gasteiger partial charge on any atom is -0.494 e. The van der Waals surface area contributed by atoms with Crippen LogP contribution >= 0.6 is 0 Å². The first-order chi connectivity index (χ1) is 18.5. The van der Waals surface area contributed by atoms with Crippen LogP contribution in [0.1, 0.15) is 70.6 Å². The number of nitrogens with zero attached hydrogens (tertiary/aromatic N) is 2. The van der Waals surface area contributed by atoms with Crippen LogP contribution in [0.25, 0.3) is 22.2 Å². The number of ether oxygens (including phenoxy) is 2. The van der Waals surface area contributed by atoms with Gasteiger partial charge in [0.15, 0.2) is 6.17 Å². The van der Waals surface area contributed by atoms with E-state index in [-0.39, 0.29) is 12.3 Å². The van der Waals surface area contributed by atoms with Crippen LogP contribution in [0, 0.1) is 5.92 Å². The molecule has 2 unspecified atom stereocenters. The first-order valence-corrected chi connectivity index (χ1v) is 13.7. The third-order valence-corrected chi connectivity index (χ3v) is 7.67. The van der Waals surface area contributed by atoms with E-state index in [1.54, 1.807) is 0 Å². The number of hydrogen-bond donors (Lipinski definition) is 2. The summed E-state index contributed by atoms with van der Waals surface area (Å²) >= 11 is 0. The average molecular weight is 519 g/mol. The van der Waals surface area contributed by atoms with Gasteiger partial charge in [0.2, 0.25) is 5.90 Å². The molecule has 0 radical (unpaired) electrons. The summed E-state index contributed by atoms with van der Waals surface area (Å²) in [6, 6.07) is 15.5. The molecule has 6 rings (SSSR count). The molecule has 0 saturated heterocycles. The van der Waals surface area contributed by atoms with E-state index in [9.17, 15) is 4.79 Å². The van der Waals surface area contributed by atoms with E-state index in [2.05, 4.69) is 62.6 Å². The Kier molecular flexibility index (Phi) is 7.88. The molecule has 2 saturated carbocycles. The Labute approximate surface area is 224 Å². The lowest BCUT2D eigenvalue weighted by atomic mass is 9.92. The van der Waals surface area contributed by atoms with Gasteiger partial charge in [0.25, 0.3) is 6.47 Å². The van der Waals surface area contributed by atoms with Crippen LogP contribution in [0.5, 0.6) is 5.75 Å². The van der Waals surface area contributed by atoms with Crippen LogP contribution in [0.4, 0.5) is 5.69 Å². The lowest BCUT2D eigenvalue weighted by Gasteiger charge is -2.30. The summed E-state index contributed by atoms with van der Waals surface area (Å²) in [5.41, 5.74) is 8.98. The van der Waals surface area contributed by atoms with Gasteiger partial charge in [-0.05, 0) is 81.7 Å². The molecule has 2 N–H and O–H groups in total. The second-order valence-corrected chi connectivity index (χ2v) is 10.2. The van der Waals surface area contributed by atoms with Crippen molar-refractivity contribution in [3.8, 4) is 17.0 Å². The Hall–Kier alpha value is -3.52. The predicted octanol–water partition coefficient (Wildman–Crippen LogP) is 6.38. The van der Waals surface area contributed by atoms with Crippen molar-refractivity contribution in [2.24, 2.45) is 10.9 Å². The van der Waals surface area contributed by atoms with Gasteiger partial charge in [-0.25, -0.2) is 4.99 Å². The van der Waals surface area contributed by atoms with Gasteiger partial charge >= 0.3 is 0 Å². The summed E-state index contributed by atoms with van der Waals surface area (Å²) in [5, 5.41) is 4.40. The summed E-state index contributed by atoms with van der Waals surface area (Å²) in [6.45, 7) is 7.02. The highest BCUT2D eigenvalue weighted by Crippen LogP contribution is 2.46. The van der Waals surface area contributed by atoms with Gasteiger partial charge < -0.3 is 24.2 Å². The molecule has 0 spiro atoms. The lowest BCUT2D eigenvalue weighted by Crippen LogP contribution is -2.19. The number of aromatic nitrogens is 1. The van der Waals surface area contributed by atoms with Crippen molar-refractivity contribution in [2.45, 2.75) is 71.2 Å². The molecule has 8 heteroatoms. The topological polar surface area (TPSA) is 86.1 Å². The summed E-state index contributed by atoms with van der Waals surface area (Å²) in [6.07, 6.45) is 6.05. The maximum Gasteiger partial charge on any atom is 0.293 e. The molecule has 3 aromatic rings. The van der Waals surface area contributed by atoms with E-state index < -0.39 is 0 Å². The zero-order valence-corrected chi connectivity index (χ0v) is 22.7. The van der Waals surface area contributed by atoms with E-state index in [4.69, 9.17) is 14.6 Å². The van der Waals surface area contributed by atoms with Crippen LogP contribution in [-0.2, 0) is 14.4 Å². The maximum absolute atomic E-state index is 9.73. The molecule has 38 heavy (non-hydrogen) atoms. The first-order valence-electron chi connectivity index (χ1n) is 13.7. The molecule has 0 amide bonds. The monoisotopic (exact) mass is 518 g/mol. The molecule has 2 aliphatic carbocycles. The zero-order valence-electron chi connectivity index (χ0n) is 22.7. The van der Waals surface area contributed by atoms with Crippen molar-refractivity contribution in [1.29, 1.82) is 0 Å². The minimum atomic E-state index is -0.231. The Bertz CT molecular complexity index is 1290. The Morgan fingerprint density at radius 3 is 2.50 bits per heavy atom. The van der Waals surface area contributed by atoms with Gasteiger partial charge in [0, 0.05) is 42.7 Å². The SMILES string of the molecule is CC(OC=O)C1CC1.CCOc1ccc2c(C3N=C(C)ON3)c(-c3ccc(NC)cc3)n(C3CCC3)c2c1. The van der Waals surface area contributed by atoms with E-state index in [1.807, 2.05) is 27.8 Å². The number of nitrogens with one attached hydrogen (secondary N) is 2. The molecule has 202 valence electrons. The molecule has 8 nitrogen and oxygen atoms in total. The van der Waals surface area contributed by atoms with Crippen molar-refractivity contribution in [2.75, 3.05) is 19.0 Å². The fourth-order valence-corrected chi connectivity index (χ4v) is 5.23. The molecule has 1 aromatic heterocycles. The van der Waals surface area contributed by atoms with Gasteiger partial charge in [-0.1, -0.05) is 12.1 Å². The highest BCUT2D eigenvalue weighted by atomic mass is 16.7. The molecule has 3 aliphatic rings. The second kappa shape index (κ2) is 11.5. The number of carbonyl (C=O) groups excluding carboxylic acids is 1. The third-order valence-electron chi connectivity index (χ3n) is 7.67. The summed E-state index contributed by atoms with van der Waals surface area (Å²) in [5.74, 6) is 2.23. The number of aliphatic imine (C=N–C) groups is 1. The molecule has 2 fully saturated rings. The van der Waals surface area contributed by atoms with E-state index >= 15 is 0 Å². The summed E-state index contributed by atoms with van der Waals surface area (Å²) < 4.78 is 13.0. The van der Waals surface area contributed by atoms with Crippen molar-refractivity contribution in [3.05, 3.63) is 48.0 Å². The lowest BCUT2D eigenvalue weighted by molar-refractivity contribution is -0.133. The smallest absolute Gasteiger partial charge is 0.293 e. The second-order valence-electron chi connectivity index (χ2n) is 10.2. The van der Waals surface area contributed by atoms with Crippen LogP contribution in [-0.4, -0.2) is 36.7 Å². The fourth-order valence-electron chi connectivity index (χ4n) is 5.23. The van der Waals surface area contributed by atoms with Crippen LogP contribution in [0.2, 0.25) is 0 Å². The molecule has 2 heterocycles. The number of rotatable bonds is 9. The highest BCUT2D eigenvalue weighted by molar-refractivity contribution is 5.94. The van der Waals surface area contributed by atoms with Gasteiger partial charge in [0.1, 0.15) is 11.9 Å². The van der Waals surface area contributed by atoms with E-state index in [1.165, 1.54) is 54.3 Å². The highest BCUT2D eigenvalue weighted by Gasteiger charge is 2.32. The molecule has 1 aliphatic heterocycles. The minimum absolute atomic E-state index is 0.160. The van der Waals surface area contributed by atoms with Gasteiger partial charge in [-0.3, -0.25) is 4.79 Å². The Morgan fingerprint density at radius 2 is 1.95 bits per heavy atom. The maximum atomic E-state index is 9.73. The van der Waals surface area contributed by atoms with E-state index in [0.717, 1.165) is 17.0 Å². The molecular formula is C30H38N4O4. The number of carbonyl (C=O) groups is 1. The zero-order chi connectivity index (χ0) is 26.6. The number of hydroxylamine groups is 1. The Balaban J connectivity index is 0.000000316. The van der Waals surface area contributed by atoms with Gasteiger partial charge in [-0.2, -0.15) is 0 Å². The Morgan fingerprint density at radius 1 is 1.18 bits per heavy atom.